The maximum absolute atomic E-state index is 12.7. The first-order valence-electron chi connectivity index (χ1n) is 7.24. The Morgan fingerprint density at radius 3 is 2.88 bits per heavy atom. The molecule has 0 aliphatic carbocycles. The minimum atomic E-state index is -3.74. The molecule has 128 valence electrons. The van der Waals surface area contributed by atoms with Crippen LogP contribution in [0.3, 0.4) is 0 Å². The predicted octanol–water partition coefficient (Wildman–Crippen LogP) is 3.49. The van der Waals surface area contributed by atoms with E-state index in [4.69, 9.17) is 4.74 Å². The molecule has 0 amide bonds. The second-order valence-corrected chi connectivity index (χ2v) is 9.13. The van der Waals surface area contributed by atoms with Crippen LogP contribution in [0.25, 0.3) is 10.2 Å². The van der Waals surface area contributed by atoms with E-state index in [2.05, 4.69) is 9.71 Å². The lowest BCUT2D eigenvalue weighted by Crippen LogP contribution is -2.13. The molecule has 0 fully saturated rings. The number of rotatable bonds is 4. The standard InChI is InChI=1S/C16H12N2O4S3/c1-23-16-17-13-5-3-11(7-14(13)24-16)25(20,21)18-10-2-4-12-9(6-10)8-22-15(12)19/h2-7,18H,8H2,1H3. The summed E-state index contributed by atoms with van der Waals surface area (Å²) in [6.07, 6.45) is 1.93. The van der Waals surface area contributed by atoms with Gasteiger partial charge in [0, 0.05) is 11.3 Å². The molecule has 3 aromatic rings. The third-order valence-corrected chi connectivity index (χ3v) is 7.14. The molecule has 9 heteroatoms. The fourth-order valence-corrected chi connectivity index (χ4v) is 5.23. The largest absolute Gasteiger partial charge is 0.457 e. The third-order valence-electron chi connectivity index (χ3n) is 3.76. The fourth-order valence-electron chi connectivity index (χ4n) is 2.55. The molecular formula is C16H12N2O4S3. The first kappa shape index (κ1) is 16.4. The summed E-state index contributed by atoms with van der Waals surface area (Å²) in [6.45, 7) is 0.161. The summed E-state index contributed by atoms with van der Waals surface area (Å²) in [5.74, 6) is -0.385. The Labute approximate surface area is 152 Å². The van der Waals surface area contributed by atoms with Crippen LogP contribution in [0.5, 0.6) is 0 Å². The van der Waals surface area contributed by atoms with Crippen molar-refractivity contribution in [2.75, 3.05) is 11.0 Å². The summed E-state index contributed by atoms with van der Waals surface area (Å²) in [6, 6.07) is 9.60. The lowest BCUT2D eigenvalue weighted by molar-refractivity contribution is 0.0535. The number of carbonyl (C=O) groups excluding carboxylic acids is 1. The van der Waals surface area contributed by atoms with E-state index in [1.807, 2.05) is 6.26 Å². The number of aromatic nitrogens is 1. The summed E-state index contributed by atoms with van der Waals surface area (Å²) in [7, 11) is -3.74. The van der Waals surface area contributed by atoms with Crippen LogP contribution in [0.15, 0.2) is 45.6 Å². The number of nitrogens with zero attached hydrogens (tertiary/aromatic N) is 1. The Hall–Kier alpha value is -2.10. The van der Waals surface area contributed by atoms with E-state index < -0.39 is 10.0 Å². The van der Waals surface area contributed by atoms with Gasteiger partial charge < -0.3 is 4.74 Å². The quantitative estimate of drug-likeness (QED) is 0.540. The Morgan fingerprint density at radius 2 is 2.08 bits per heavy atom. The number of benzene rings is 2. The van der Waals surface area contributed by atoms with Gasteiger partial charge >= 0.3 is 5.97 Å². The van der Waals surface area contributed by atoms with Gasteiger partial charge in [-0.15, -0.1) is 11.3 Å². The SMILES string of the molecule is CSc1nc2ccc(S(=O)(=O)Nc3ccc4c(c3)COC4=O)cc2s1. The zero-order valence-corrected chi connectivity index (χ0v) is 15.4. The highest BCUT2D eigenvalue weighted by atomic mass is 32.2. The fraction of sp³-hybridized carbons (Fsp3) is 0.125. The molecule has 25 heavy (non-hydrogen) atoms. The van der Waals surface area contributed by atoms with E-state index >= 15 is 0 Å². The highest BCUT2D eigenvalue weighted by Gasteiger charge is 2.22. The van der Waals surface area contributed by atoms with Gasteiger partial charge in [0.25, 0.3) is 10.0 Å². The van der Waals surface area contributed by atoms with Crippen molar-refractivity contribution < 1.29 is 17.9 Å². The van der Waals surface area contributed by atoms with Gasteiger partial charge in [0.2, 0.25) is 0 Å². The molecule has 1 aliphatic rings. The van der Waals surface area contributed by atoms with Gasteiger partial charge in [-0.2, -0.15) is 0 Å². The van der Waals surface area contributed by atoms with E-state index in [1.54, 1.807) is 30.3 Å². The molecule has 0 saturated heterocycles. The second-order valence-electron chi connectivity index (χ2n) is 5.37. The van der Waals surface area contributed by atoms with Gasteiger partial charge in [0.05, 0.1) is 20.7 Å². The molecule has 0 bridgehead atoms. The Morgan fingerprint density at radius 1 is 1.24 bits per heavy atom. The molecule has 0 saturated carbocycles. The molecule has 0 radical (unpaired) electrons. The number of hydrogen-bond donors (Lipinski definition) is 1. The number of anilines is 1. The number of cyclic esters (lactones) is 1. The maximum Gasteiger partial charge on any atom is 0.338 e. The van der Waals surface area contributed by atoms with Crippen molar-refractivity contribution in [2.45, 2.75) is 15.8 Å². The zero-order valence-electron chi connectivity index (χ0n) is 13.0. The van der Waals surface area contributed by atoms with Gasteiger partial charge in [-0.25, -0.2) is 18.2 Å². The number of fused-ring (bicyclic) bond motifs is 2. The van der Waals surface area contributed by atoms with E-state index in [0.29, 0.717) is 16.8 Å². The van der Waals surface area contributed by atoms with Crippen LogP contribution in [0.4, 0.5) is 5.69 Å². The summed E-state index contributed by atoms with van der Waals surface area (Å²) >= 11 is 2.98. The minimum absolute atomic E-state index is 0.161. The van der Waals surface area contributed by atoms with Crippen molar-refractivity contribution in [2.24, 2.45) is 0 Å². The molecular weight excluding hydrogens is 380 g/mol. The maximum atomic E-state index is 12.7. The molecule has 0 spiro atoms. The highest BCUT2D eigenvalue weighted by Crippen LogP contribution is 2.30. The topological polar surface area (TPSA) is 85.4 Å². The molecule has 0 atom stereocenters. The van der Waals surface area contributed by atoms with E-state index in [0.717, 1.165) is 14.6 Å². The first-order chi connectivity index (χ1) is 12.0. The lowest BCUT2D eigenvalue weighted by Gasteiger charge is -2.09. The zero-order chi connectivity index (χ0) is 17.6. The van der Waals surface area contributed by atoms with Crippen LogP contribution in [0.1, 0.15) is 15.9 Å². The lowest BCUT2D eigenvalue weighted by atomic mass is 10.1. The number of esters is 1. The molecule has 2 aromatic carbocycles. The van der Waals surface area contributed by atoms with Gasteiger partial charge in [-0.1, -0.05) is 11.8 Å². The Balaban J connectivity index is 1.66. The number of hydrogen-bond acceptors (Lipinski definition) is 7. The van der Waals surface area contributed by atoms with Gasteiger partial charge in [-0.3, -0.25) is 4.72 Å². The summed E-state index contributed by atoms with van der Waals surface area (Å²) < 4.78 is 34.5. The van der Waals surface area contributed by atoms with Crippen LogP contribution in [0, 0.1) is 0 Å². The average Bonchev–Trinajstić information content (AvgIpc) is 3.17. The molecule has 1 N–H and O–H groups in total. The van der Waals surface area contributed by atoms with Crippen molar-refractivity contribution in [3.8, 4) is 0 Å². The van der Waals surface area contributed by atoms with Crippen molar-refractivity contribution in [1.29, 1.82) is 0 Å². The number of thioether (sulfide) groups is 1. The normalized spacial score (nSPS) is 13.7. The van der Waals surface area contributed by atoms with Gasteiger partial charge in [0.1, 0.15) is 6.61 Å². The van der Waals surface area contributed by atoms with Crippen LogP contribution in [-0.2, 0) is 21.4 Å². The van der Waals surface area contributed by atoms with E-state index in [1.165, 1.54) is 29.2 Å². The minimum Gasteiger partial charge on any atom is -0.457 e. The monoisotopic (exact) mass is 392 g/mol. The van der Waals surface area contributed by atoms with Crippen LogP contribution in [-0.4, -0.2) is 25.6 Å². The van der Waals surface area contributed by atoms with Crippen molar-refractivity contribution in [1.82, 2.24) is 4.98 Å². The molecule has 1 aromatic heterocycles. The van der Waals surface area contributed by atoms with Crippen LogP contribution in [0.2, 0.25) is 0 Å². The number of thiazole rings is 1. The van der Waals surface area contributed by atoms with Crippen molar-refractivity contribution in [3.05, 3.63) is 47.5 Å². The van der Waals surface area contributed by atoms with E-state index in [-0.39, 0.29) is 17.5 Å². The molecule has 6 nitrogen and oxygen atoms in total. The Kier molecular flexibility index (Phi) is 3.94. The van der Waals surface area contributed by atoms with Gasteiger partial charge in [0.15, 0.2) is 4.34 Å². The summed E-state index contributed by atoms with van der Waals surface area (Å²) in [4.78, 5) is 16.0. The van der Waals surface area contributed by atoms with Crippen LogP contribution >= 0.6 is 23.1 Å². The number of carbonyl (C=O) groups is 1. The average molecular weight is 392 g/mol. The molecule has 4 rings (SSSR count). The van der Waals surface area contributed by atoms with Gasteiger partial charge in [-0.05, 0) is 42.7 Å². The smallest absolute Gasteiger partial charge is 0.338 e. The summed E-state index contributed by atoms with van der Waals surface area (Å²) in [5.41, 5.74) is 2.32. The molecule has 1 aliphatic heterocycles. The van der Waals surface area contributed by atoms with Crippen LogP contribution < -0.4 is 4.72 Å². The number of nitrogens with one attached hydrogen (secondary N) is 1. The Bertz CT molecular complexity index is 1110. The first-order valence-corrected chi connectivity index (χ1v) is 10.8. The van der Waals surface area contributed by atoms with E-state index in [9.17, 15) is 13.2 Å². The molecule has 0 unspecified atom stereocenters. The number of ether oxygens (including phenoxy) is 1. The predicted molar refractivity (Wildman–Crippen MR) is 97.8 cm³/mol. The number of sulfonamides is 1. The molecule has 2 heterocycles. The summed E-state index contributed by atoms with van der Waals surface area (Å²) in [5, 5.41) is 0. The highest BCUT2D eigenvalue weighted by molar-refractivity contribution is 8.00. The van der Waals surface area contributed by atoms with Crippen molar-refractivity contribution in [3.63, 3.8) is 0 Å². The third kappa shape index (κ3) is 2.99. The van der Waals surface area contributed by atoms with Crippen molar-refractivity contribution >= 4 is 55.0 Å². The second kappa shape index (κ2) is 6.01.